The van der Waals surface area contributed by atoms with Gasteiger partial charge in [0.15, 0.2) is 6.10 Å². The molecule has 29 heavy (non-hydrogen) atoms. The van der Waals surface area contributed by atoms with Gasteiger partial charge < -0.3 is 15.4 Å². The minimum Gasteiger partial charge on any atom is -0.449 e. The number of benzene rings is 2. The van der Waals surface area contributed by atoms with E-state index >= 15 is 0 Å². The van der Waals surface area contributed by atoms with E-state index in [1.54, 1.807) is 54.6 Å². The molecule has 0 fully saturated rings. The second-order valence-corrected chi connectivity index (χ2v) is 7.92. The zero-order chi connectivity index (χ0) is 20.8. The molecule has 1 heterocycles. The van der Waals surface area contributed by atoms with Gasteiger partial charge in [0.1, 0.15) is 0 Å². The third-order valence-electron chi connectivity index (χ3n) is 3.87. The molecule has 6 nitrogen and oxygen atoms in total. The van der Waals surface area contributed by atoms with Gasteiger partial charge in [-0.05, 0) is 60.8 Å². The molecule has 2 N–H and O–H groups in total. The Bertz CT molecular complexity index is 1020. The van der Waals surface area contributed by atoms with Crippen molar-refractivity contribution in [3.63, 3.8) is 0 Å². The first-order valence-corrected chi connectivity index (χ1v) is 10.3. The number of esters is 1. The van der Waals surface area contributed by atoms with Crippen LogP contribution < -0.4 is 10.6 Å². The number of amides is 2. The van der Waals surface area contributed by atoms with Gasteiger partial charge in [-0.2, -0.15) is 0 Å². The van der Waals surface area contributed by atoms with E-state index < -0.39 is 18.0 Å². The lowest BCUT2D eigenvalue weighted by Gasteiger charge is -2.14. The zero-order valence-electron chi connectivity index (χ0n) is 15.3. The highest BCUT2D eigenvalue weighted by molar-refractivity contribution is 9.10. The first kappa shape index (κ1) is 20.8. The minimum atomic E-state index is -0.990. The summed E-state index contributed by atoms with van der Waals surface area (Å²) < 4.78 is 6.15. The summed E-state index contributed by atoms with van der Waals surface area (Å²) in [6.45, 7) is 1.49. The Kier molecular flexibility index (Phi) is 6.79. The molecule has 3 rings (SSSR count). The number of carbonyl (C=O) groups is 3. The van der Waals surface area contributed by atoms with Gasteiger partial charge >= 0.3 is 5.97 Å². The van der Waals surface area contributed by atoms with Crippen molar-refractivity contribution >= 4 is 56.4 Å². The molecule has 0 radical (unpaired) electrons. The van der Waals surface area contributed by atoms with Crippen LogP contribution in [-0.2, 0) is 9.53 Å². The maximum absolute atomic E-state index is 12.4. The van der Waals surface area contributed by atoms with E-state index in [0.717, 1.165) is 4.47 Å². The molecular weight excluding hydrogens is 456 g/mol. The lowest BCUT2D eigenvalue weighted by Crippen LogP contribution is -2.30. The highest BCUT2D eigenvalue weighted by Gasteiger charge is 2.19. The summed E-state index contributed by atoms with van der Waals surface area (Å²) in [5, 5.41) is 7.23. The Labute approximate surface area is 180 Å². The fourth-order valence-corrected chi connectivity index (χ4v) is 3.27. The predicted octanol–water partition coefficient (Wildman–Crippen LogP) is 4.95. The summed E-state index contributed by atoms with van der Waals surface area (Å²) in [6.07, 6.45) is -0.990. The van der Waals surface area contributed by atoms with Crippen LogP contribution in [0.5, 0.6) is 0 Å². The van der Waals surface area contributed by atoms with Crippen LogP contribution in [0.2, 0.25) is 0 Å². The Balaban J connectivity index is 1.60. The summed E-state index contributed by atoms with van der Waals surface area (Å²) in [5.74, 6) is -1.36. The molecule has 8 heteroatoms. The van der Waals surface area contributed by atoms with E-state index in [4.69, 9.17) is 4.74 Å². The van der Waals surface area contributed by atoms with Crippen molar-refractivity contribution in [3.8, 4) is 0 Å². The number of anilines is 2. The highest BCUT2D eigenvalue weighted by atomic mass is 79.9. The number of thiophene rings is 1. The topological polar surface area (TPSA) is 84.5 Å². The molecule has 0 saturated carbocycles. The van der Waals surface area contributed by atoms with Crippen LogP contribution in [0.15, 0.2) is 70.5 Å². The van der Waals surface area contributed by atoms with E-state index in [0.29, 0.717) is 16.3 Å². The van der Waals surface area contributed by atoms with Gasteiger partial charge in [-0.3, -0.25) is 9.59 Å². The first-order chi connectivity index (χ1) is 13.9. The Morgan fingerprint density at radius 2 is 1.72 bits per heavy atom. The van der Waals surface area contributed by atoms with E-state index in [1.807, 2.05) is 5.38 Å². The van der Waals surface area contributed by atoms with Crippen molar-refractivity contribution in [3.05, 3.63) is 81.0 Å². The molecular formula is C21H17BrN2O4S. The van der Waals surface area contributed by atoms with Crippen LogP contribution in [0, 0.1) is 0 Å². The summed E-state index contributed by atoms with van der Waals surface area (Å²) in [5.41, 5.74) is 1.29. The van der Waals surface area contributed by atoms with Gasteiger partial charge in [0.05, 0.1) is 10.4 Å². The third kappa shape index (κ3) is 5.75. The van der Waals surface area contributed by atoms with Gasteiger partial charge in [-0.25, -0.2) is 4.79 Å². The van der Waals surface area contributed by atoms with Crippen molar-refractivity contribution in [2.45, 2.75) is 13.0 Å². The predicted molar refractivity (Wildman–Crippen MR) is 116 cm³/mol. The molecule has 2 aromatic carbocycles. The lowest BCUT2D eigenvalue weighted by atomic mass is 10.2. The SMILES string of the molecule is CC(OC(=O)c1cccc(NC(=O)c2cccs2)c1)C(=O)Nc1ccc(Br)cc1. The fraction of sp³-hybridized carbons (Fsp3) is 0.0952. The van der Waals surface area contributed by atoms with E-state index in [-0.39, 0.29) is 11.5 Å². The Hall–Kier alpha value is -2.97. The second-order valence-electron chi connectivity index (χ2n) is 6.06. The number of rotatable bonds is 6. The lowest BCUT2D eigenvalue weighted by molar-refractivity contribution is -0.123. The van der Waals surface area contributed by atoms with E-state index in [9.17, 15) is 14.4 Å². The zero-order valence-corrected chi connectivity index (χ0v) is 17.7. The number of hydrogen-bond donors (Lipinski definition) is 2. The summed E-state index contributed by atoms with van der Waals surface area (Å²) in [6, 6.07) is 16.9. The molecule has 2 amide bonds. The molecule has 1 aromatic heterocycles. The van der Waals surface area contributed by atoms with Crippen LogP contribution in [-0.4, -0.2) is 23.9 Å². The summed E-state index contributed by atoms with van der Waals surface area (Å²) in [4.78, 5) is 37.4. The minimum absolute atomic E-state index is 0.234. The standard InChI is InChI=1S/C21H17BrN2O4S/c1-13(19(25)23-16-9-7-15(22)8-10-16)28-21(27)14-4-2-5-17(12-14)24-20(26)18-6-3-11-29-18/h2-13H,1H3,(H,23,25)(H,24,26). The molecule has 0 aliphatic carbocycles. The molecule has 0 saturated heterocycles. The number of hydrogen-bond acceptors (Lipinski definition) is 5. The highest BCUT2D eigenvalue weighted by Crippen LogP contribution is 2.17. The Morgan fingerprint density at radius 3 is 2.41 bits per heavy atom. The first-order valence-electron chi connectivity index (χ1n) is 8.65. The maximum Gasteiger partial charge on any atom is 0.338 e. The number of nitrogens with one attached hydrogen (secondary N) is 2. The van der Waals surface area contributed by atoms with Gasteiger partial charge in [-0.1, -0.05) is 28.1 Å². The number of carbonyl (C=O) groups excluding carboxylic acids is 3. The van der Waals surface area contributed by atoms with Gasteiger partial charge in [0, 0.05) is 15.8 Å². The van der Waals surface area contributed by atoms with Crippen LogP contribution in [0.25, 0.3) is 0 Å². The smallest absolute Gasteiger partial charge is 0.338 e. The average Bonchev–Trinajstić information content (AvgIpc) is 3.25. The molecule has 0 aliphatic heterocycles. The monoisotopic (exact) mass is 472 g/mol. The molecule has 0 bridgehead atoms. The second kappa shape index (κ2) is 9.49. The fourth-order valence-electron chi connectivity index (χ4n) is 2.38. The van der Waals surface area contributed by atoms with E-state index in [1.165, 1.54) is 24.3 Å². The van der Waals surface area contributed by atoms with Gasteiger partial charge in [-0.15, -0.1) is 11.3 Å². The largest absolute Gasteiger partial charge is 0.449 e. The average molecular weight is 473 g/mol. The van der Waals surface area contributed by atoms with Crippen molar-refractivity contribution in [2.24, 2.45) is 0 Å². The van der Waals surface area contributed by atoms with Crippen molar-refractivity contribution in [1.82, 2.24) is 0 Å². The van der Waals surface area contributed by atoms with E-state index in [2.05, 4.69) is 26.6 Å². The molecule has 1 unspecified atom stereocenters. The normalized spacial score (nSPS) is 11.4. The van der Waals surface area contributed by atoms with Gasteiger partial charge in [0.25, 0.3) is 11.8 Å². The number of ether oxygens (including phenoxy) is 1. The molecule has 0 spiro atoms. The van der Waals surface area contributed by atoms with Gasteiger partial charge in [0.2, 0.25) is 0 Å². The van der Waals surface area contributed by atoms with Crippen LogP contribution in [0.4, 0.5) is 11.4 Å². The third-order valence-corrected chi connectivity index (χ3v) is 5.26. The quantitative estimate of drug-likeness (QED) is 0.497. The molecule has 1 atom stereocenters. The number of halogens is 1. The maximum atomic E-state index is 12.4. The van der Waals surface area contributed by atoms with Crippen molar-refractivity contribution in [1.29, 1.82) is 0 Å². The molecule has 0 aliphatic rings. The summed E-state index contributed by atoms with van der Waals surface area (Å²) >= 11 is 4.65. The van der Waals surface area contributed by atoms with Crippen LogP contribution in [0.1, 0.15) is 27.0 Å². The Morgan fingerprint density at radius 1 is 0.966 bits per heavy atom. The van der Waals surface area contributed by atoms with Crippen LogP contribution in [0.3, 0.4) is 0 Å². The molecule has 3 aromatic rings. The van der Waals surface area contributed by atoms with Crippen molar-refractivity contribution < 1.29 is 19.1 Å². The van der Waals surface area contributed by atoms with Crippen LogP contribution >= 0.6 is 27.3 Å². The molecule has 148 valence electrons. The summed E-state index contributed by atoms with van der Waals surface area (Å²) in [7, 11) is 0. The van der Waals surface area contributed by atoms with Crippen molar-refractivity contribution in [2.75, 3.05) is 10.6 Å².